The van der Waals surface area contributed by atoms with E-state index >= 15 is 0 Å². The molecular formula is C25H34N4O3. The maximum absolute atomic E-state index is 11.6. The first-order chi connectivity index (χ1) is 15.2. The van der Waals surface area contributed by atoms with E-state index in [2.05, 4.69) is 22.6 Å². The van der Waals surface area contributed by atoms with E-state index in [1.54, 1.807) is 24.4 Å². The number of rotatable bonds is 9. The molecule has 0 fully saturated rings. The molecule has 0 aliphatic rings. The molecule has 1 aromatic carbocycles. The number of allylic oxidation sites excluding steroid dienone is 1. The molecule has 0 spiro atoms. The van der Waals surface area contributed by atoms with Crippen LogP contribution in [-0.2, 0) is 9.53 Å². The molecule has 172 valence electrons. The van der Waals surface area contributed by atoms with Gasteiger partial charge < -0.3 is 15.2 Å². The van der Waals surface area contributed by atoms with Crippen LogP contribution in [0.15, 0.2) is 58.3 Å². The quantitative estimate of drug-likeness (QED) is 0.248. The van der Waals surface area contributed by atoms with Crippen LogP contribution in [0.2, 0.25) is 0 Å². The Hall–Kier alpha value is -3.66. The minimum atomic E-state index is -0.611. The summed E-state index contributed by atoms with van der Waals surface area (Å²) in [5.74, 6) is 0.228. The van der Waals surface area contributed by atoms with Crippen LogP contribution in [0.3, 0.4) is 0 Å². The predicted octanol–water partition coefficient (Wildman–Crippen LogP) is 5.19. The van der Waals surface area contributed by atoms with Crippen LogP contribution in [-0.4, -0.2) is 31.2 Å². The van der Waals surface area contributed by atoms with Crippen molar-refractivity contribution in [2.75, 3.05) is 13.7 Å². The van der Waals surface area contributed by atoms with Gasteiger partial charge >= 0.3 is 0 Å². The molecule has 0 atom stereocenters. The van der Waals surface area contributed by atoms with Crippen molar-refractivity contribution < 1.29 is 14.3 Å². The third-order valence-corrected chi connectivity index (χ3v) is 3.86. The van der Waals surface area contributed by atoms with E-state index in [1.165, 1.54) is 13.2 Å². The molecular weight excluding hydrogens is 404 g/mol. The van der Waals surface area contributed by atoms with Crippen LogP contribution in [0.25, 0.3) is 5.57 Å². The molecule has 2 N–H and O–H groups in total. The number of ether oxygens (including phenoxy) is 2. The molecule has 0 aliphatic carbocycles. The van der Waals surface area contributed by atoms with Crippen molar-refractivity contribution in [1.29, 1.82) is 5.26 Å². The van der Waals surface area contributed by atoms with Crippen LogP contribution in [0, 0.1) is 11.3 Å². The number of carbonyl (C=O) groups is 1. The summed E-state index contributed by atoms with van der Waals surface area (Å²) in [5, 5.41) is 9.11. The molecule has 0 saturated heterocycles. The minimum Gasteiger partial charge on any atom is -0.496 e. The number of methoxy groups -OCH3 is 1. The van der Waals surface area contributed by atoms with E-state index < -0.39 is 5.91 Å². The van der Waals surface area contributed by atoms with Crippen molar-refractivity contribution in [2.45, 2.75) is 48.0 Å². The molecule has 0 heterocycles. The summed E-state index contributed by atoms with van der Waals surface area (Å²) < 4.78 is 11.1. The van der Waals surface area contributed by atoms with Gasteiger partial charge in [0.05, 0.1) is 31.0 Å². The van der Waals surface area contributed by atoms with Gasteiger partial charge in [0.15, 0.2) is 5.90 Å². The normalized spacial score (nSPS) is 11.5. The molecule has 0 bridgehead atoms. The maximum atomic E-state index is 11.6. The van der Waals surface area contributed by atoms with Crippen LogP contribution < -0.4 is 10.5 Å². The number of primary amides is 1. The maximum Gasteiger partial charge on any atom is 0.241 e. The highest BCUT2D eigenvalue weighted by Crippen LogP contribution is 2.30. The number of amides is 1. The summed E-state index contributed by atoms with van der Waals surface area (Å²) in [6.45, 7) is 15.8. The number of hydrogen-bond acceptors (Lipinski definition) is 6. The number of carbonyl (C=O) groups excluding carboxylic acids is 1. The average Bonchev–Trinajstić information content (AvgIpc) is 2.76. The van der Waals surface area contributed by atoms with Crippen LogP contribution >= 0.6 is 0 Å². The number of aliphatic imine (C=N–C) groups is 2. The van der Waals surface area contributed by atoms with Crippen LogP contribution in [0.4, 0.5) is 0 Å². The van der Waals surface area contributed by atoms with Crippen LogP contribution in [0.5, 0.6) is 5.75 Å². The van der Waals surface area contributed by atoms with Crippen molar-refractivity contribution >= 4 is 23.1 Å². The first kappa shape index (κ1) is 28.3. The number of nitrogens with zero attached hydrogens (tertiary/aromatic N) is 3. The van der Waals surface area contributed by atoms with E-state index in [1.807, 2.05) is 41.5 Å². The SMILES string of the molecule is C=C(N=C(C)C)/C(C)=C\N=C(C/C(=C/C(N)=O)c1ccc(C#N)cc1OC)OCC.CC. The molecule has 0 unspecified atom stereocenters. The van der Waals surface area contributed by atoms with Crippen molar-refractivity contribution in [3.63, 3.8) is 0 Å². The number of nitriles is 1. The van der Waals surface area contributed by atoms with Crippen molar-refractivity contribution in [3.8, 4) is 11.8 Å². The van der Waals surface area contributed by atoms with Crippen molar-refractivity contribution in [2.24, 2.45) is 15.7 Å². The molecule has 0 aromatic heterocycles. The lowest BCUT2D eigenvalue weighted by Gasteiger charge is -2.14. The van der Waals surface area contributed by atoms with Gasteiger partial charge in [-0.05, 0) is 57.0 Å². The summed E-state index contributed by atoms with van der Waals surface area (Å²) in [6.07, 6.45) is 3.13. The Kier molecular flexibility index (Phi) is 13.5. The highest BCUT2D eigenvalue weighted by molar-refractivity contribution is 6.00. The molecule has 1 aromatic rings. The molecule has 1 amide bonds. The Morgan fingerprint density at radius 1 is 1.28 bits per heavy atom. The second-order valence-electron chi connectivity index (χ2n) is 6.55. The summed E-state index contributed by atoms with van der Waals surface area (Å²) in [7, 11) is 1.49. The molecule has 1 rings (SSSR count). The van der Waals surface area contributed by atoms with Crippen LogP contribution in [0.1, 0.15) is 59.1 Å². The molecule has 32 heavy (non-hydrogen) atoms. The fraction of sp³-hybridized carbons (Fsp3) is 0.360. The molecule has 0 radical (unpaired) electrons. The third-order valence-electron chi connectivity index (χ3n) is 3.86. The van der Waals surface area contributed by atoms with E-state index in [0.29, 0.717) is 40.7 Å². The minimum absolute atomic E-state index is 0.200. The number of hydrogen-bond donors (Lipinski definition) is 1. The summed E-state index contributed by atoms with van der Waals surface area (Å²) in [5.41, 5.74) is 9.31. The molecule has 7 nitrogen and oxygen atoms in total. The average molecular weight is 439 g/mol. The second kappa shape index (κ2) is 15.2. The van der Waals surface area contributed by atoms with Gasteiger partial charge in [-0.3, -0.25) is 9.79 Å². The molecule has 0 saturated carbocycles. The number of benzene rings is 1. The van der Waals surface area contributed by atoms with Crippen molar-refractivity contribution in [3.05, 3.63) is 59.5 Å². The fourth-order valence-corrected chi connectivity index (χ4v) is 2.49. The lowest BCUT2D eigenvalue weighted by molar-refractivity contribution is -0.113. The Morgan fingerprint density at radius 3 is 2.44 bits per heavy atom. The highest BCUT2D eigenvalue weighted by atomic mass is 16.5. The topological polar surface area (TPSA) is 110 Å². The molecule has 7 heteroatoms. The van der Waals surface area contributed by atoms with E-state index in [0.717, 1.165) is 11.3 Å². The van der Waals surface area contributed by atoms with Gasteiger partial charge in [0.2, 0.25) is 5.91 Å². The van der Waals surface area contributed by atoms with E-state index in [4.69, 9.17) is 20.5 Å². The zero-order valence-electron chi connectivity index (χ0n) is 20.2. The number of nitrogens with two attached hydrogens (primary N) is 1. The zero-order chi connectivity index (χ0) is 24.7. The smallest absolute Gasteiger partial charge is 0.241 e. The fourth-order valence-electron chi connectivity index (χ4n) is 2.49. The molecule has 0 aliphatic heterocycles. The van der Waals surface area contributed by atoms with Gasteiger partial charge in [-0.15, -0.1) is 0 Å². The zero-order valence-corrected chi connectivity index (χ0v) is 20.2. The van der Waals surface area contributed by atoms with E-state index in [-0.39, 0.29) is 6.42 Å². The summed E-state index contributed by atoms with van der Waals surface area (Å²) >= 11 is 0. The standard InChI is InChI=1S/C23H28N4O3.C2H6/c1-7-30-23(26-14-16(4)17(5)27-15(2)3)12-19(11-22(25)28)20-9-8-18(13-24)10-21(20)29-6;1-2/h8-11,14H,5,7,12H2,1-4,6H3,(H2,25,28);1-2H3/b16-14-,19-11-,26-23?;. The Bertz CT molecular complexity index is 960. The Morgan fingerprint density at radius 2 is 1.94 bits per heavy atom. The van der Waals surface area contributed by atoms with Gasteiger partial charge in [-0.1, -0.05) is 20.4 Å². The summed E-state index contributed by atoms with van der Waals surface area (Å²) in [4.78, 5) is 20.4. The Balaban J connectivity index is 0.00000466. The first-order valence-corrected chi connectivity index (χ1v) is 10.4. The summed E-state index contributed by atoms with van der Waals surface area (Å²) in [6, 6.07) is 7.01. The monoisotopic (exact) mass is 438 g/mol. The second-order valence-corrected chi connectivity index (χ2v) is 6.55. The van der Waals surface area contributed by atoms with Gasteiger partial charge in [-0.2, -0.15) is 5.26 Å². The largest absolute Gasteiger partial charge is 0.496 e. The highest BCUT2D eigenvalue weighted by Gasteiger charge is 2.14. The van der Waals surface area contributed by atoms with E-state index in [9.17, 15) is 4.79 Å². The van der Waals surface area contributed by atoms with Gasteiger partial charge in [0.1, 0.15) is 5.75 Å². The Labute approximate surface area is 191 Å². The van der Waals surface area contributed by atoms with Gasteiger partial charge in [-0.25, -0.2) is 4.99 Å². The lowest BCUT2D eigenvalue weighted by atomic mass is 9.99. The predicted molar refractivity (Wildman–Crippen MR) is 132 cm³/mol. The van der Waals surface area contributed by atoms with Gasteiger partial charge in [0.25, 0.3) is 0 Å². The third kappa shape index (κ3) is 9.90. The lowest BCUT2D eigenvalue weighted by Crippen LogP contribution is -2.11. The van der Waals surface area contributed by atoms with Crippen molar-refractivity contribution in [1.82, 2.24) is 0 Å². The van der Waals surface area contributed by atoms with Gasteiger partial charge in [0, 0.05) is 30.0 Å². The first-order valence-electron chi connectivity index (χ1n) is 10.4.